The zero-order valence-corrected chi connectivity index (χ0v) is 10.00. The van der Waals surface area contributed by atoms with Crippen molar-refractivity contribution in [1.82, 2.24) is 10.2 Å². The molecule has 86 valence electrons. The minimum Gasteiger partial charge on any atom is -0.454 e. The third kappa shape index (κ3) is 1.90. The summed E-state index contributed by atoms with van der Waals surface area (Å²) < 4.78 is 10.5. The first kappa shape index (κ1) is 10.6. The topological polar surface area (TPSA) is 44.2 Å². The zero-order valence-electron chi connectivity index (χ0n) is 8.48. The van der Waals surface area contributed by atoms with Gasteiger partial charge >= 0.3 is 0 Å². The molecule has 2 aromatic rings. The van der Waals surface area contributed by atoms with Crippen LogP contribution >= 0.6 is 23.2 Å². The molecule has 0 atom stereocenters. The van der Waals surface area contributed by atoms with Gasteiger partial charge < -0.3 is 9.47 Å². The lowest BCUT2D eigenvalue weighted by Crippen LogP contribution is -1.92. The summed E-state index contributed by atoms with van der Waals surface area (Å²) in [7, 11) is 0. The fraction of sp³-hybridized carbons (Fsp3) is 0.0909. The highest BCUT2D eigenvalue weighted by molar-refractivity contribution is 6.33. The molecule has 1 aromatic carbocycles. The monoisotopic (exact) mass is 268 g/mol. The van der Waals surface area contributed by atoms with Gasteiger partial charge in [-0.25, -0.2) is 0 Å². The molecule has 0 saturated heterocycles. The molecule has 0 saturated carbocycles. The maximum atomic E-state index is 5.98. The summed E-state index contributed by atoms with van der Waals surface area (Å²) in [4.78, 5) is 0. The summed E-state index contributed by atoms with van der Waals surface area (Å²) in [5.41, 5.74) is 1.57. The molecule has 0 bridgehead atoms. The number of nitrogens with zero attached hydrogens (tertiary/aromatic N) is 2. The van der Waals surface area contributed by atoms with Gasteiger partial charge in [0.05, 0.1) is 0 Å². The number of aromatic nitrogens is 2. The second-order valence-electron chi connectivity index (χ2n) is 3.44. The summed E-state index contributed by atoms with van der Waals surface area (Å²) >= 11 is 11.8. The molecule has 1 aliphatic heterocycles. The van der Waals surface area contributed by atoms with E-state index in [-0.39, 0.29) is 6.79 Å². The molecule has 17 heavy (non-hydrogen) atoms. The molecular formula is C11H6Cl2N2O2. The molecule has 0 radical (unpaired) electrons. The Morgan fingerprint density at radius 2 is 1.82 bits per heavy atom. The van der Waals surface area contributed by atoms with Crippen molar-refractivity contribution in [1.29, 1.82) is 0 Å². The molecular weight excluding hydrogens is 263 g/mol. The maximum absolute atomic E-state index is 5.98. The Bertz CT molecular complexity index is 590. The van der Waals surface area contributed by atoms with Gasteiger partial charge in [-0.3, -0.25) is 0 Å². The van der Waals surface area contributed by atoms with Gasteiger partial charge in [-0.2, -0.15) is 0 Å². The van der Waals surface area contributed by atoms with E-state index in [1.807, 2.05) is 18.2 Å². The van der Waals surface area contributed by atoms with Crippen molar-refractivity contribution in [2.75, 3.05) is 6.79 Å². The van der Waals surface area contributed by atoms with Crippen LogP contribution < -0.4 is 9.47 Å². The van der Waals surface area contributed by atoms with Crippen LogP contribution in [0.2, 0.25) is 10.3 Å². The van der Waals surface area contributed by atoms with Gasteiger partial charge in [0.25, 0.3) is 0 Å². The van der Waals surface area contributed by atoms with Crippen LogP contribution in [0, 0.1) is 0 Å². The number of halogens is 2. The van der Waals surface area contributed by atoms with Gasteiger partial charge in [0.15, 0.2) is 21.8 Å². The SMILES string of the molecule is Clc1cc(-c2ccc3c(c2)OCO3)c(Cl)nn1. The molecule has 1 aliphatic rings. The molecule has 0 aliphatic carbocycles. The number of fused-ring (bicyclic) bond motifs is 1. The quantitative estimate of drug-likeness (QED) is 0.797. The highest BCUT2D eigenvalue weighted by atomic mass is 35.5. The van der Waals surface area contributed by atoms with Crippen LogP contribution in [-0.4, -0.2) is 17.0 Å². The lowest BCUT2D eigenvalue weighted by Gasteiger charge is -2.04. The van der Waals surface area contributed by atoms with Crippen LogP contribution in [0.15, 0.2) is 24.3 Å². The summed E-state index contributed by atoms with van der Waals surface area (Å²) in [6, 6.07) is 7.19. The summed E-state index contributed by atoms with van der Waals surface area (Å²) in [6.45, 7) is 0.238. The number of rotatable bonds is 1. The van der Waals surface area contributed by atoms with E-state index in [1.54, 1.807) is 6.07 Å². The maximum Gasteiger partial charge on any atom is 0.231 e. The van der Waals surface area contributed by atoms with E-state index in [4.69, 9.17) is 32.7 Å². The predicted molar refractivity (Wildman–Crippen MR) is 63.6 cm³/mol. The standard InChI is InChI=1S/C11H6Cl2N2O2/c12-10-4-7(11(13)15-14-10)6-1-2-8-9(3-6)17-5-16-8/h1-4H,5H2. The van der Waals surface area contributed by atoms with Crippen LogP contribution in [0.5, 0.6) is 11.5 Å². The van der Waals surface area contributed by atoms with E-state index in [0.717, 1.165) is 11.3 Å². The first-order chi connectivity index (χ1) is 8.24. The normalized spacial score (nSPS) is 12.8. The van der Waals surface area contributed by atoms with Crippen molar-refractivity contribution < 1.29 is 9.47 Å². The Morgan fingerprint density at radius 1 is 1.00 bits per heavy atom. The van der Waals surface area contributed by atoms with Gasteiger partial charge in [0.1, 0.15) is 0 Å². The minimum absolute atomic E-state index is 0.238. The summed E-state index contributed by atoms with van der Waals surface area (Å²) in [6.07, 6.45) is 0. The highest BCUT2D eigenvalue weighted by Gasteiger charge is 2.15. The van der Waals surface area contributed by atoms with E-state index in [0.29, 0.717) is 21.6 Å². The Kier molecular flexibility index (Phi) is 2.53. The van der Waals surface area contributed by atoms with Gasteiger partial charge in [-0.1, -0.05) is 29.3 Å². The van der Waals surface area contributed by atoms with Crippen LogP contribution in [0.4, 0.5) is 0 Å². The first-order valence-corrected chi connectivity index (χ1v) is 5.58. The first-order valence-electron chi connectivity index (χ1n) is 4.83. The Labute approximate surface area is 107 Å². The summed E-state index contributed by atoms with van der Waals surface area (Å²) in [5.74, 6) is 1.41. The number of hydrogen-bond donors (Lipinski definition) is 0. The Morgan fingerprint density at radius 3 is 2.71 bits per heavy atom. The molecule has 3 rings (SSSR count). The lowest BCUT2D eigenvalue weighted by molar-refractivity contribution is 0.174. The molecule has 1 aromatic heterocycles. The van der Waals surface area contributed by atoms with Crippen LogP contribution in [0.3, 0.4) is 0 Å². The van der Waals surface area contributed by atoms with Gasteiger partial charge in [-0.15, -0.1) is 10.2 Å². The molecule has 0 spiro atoms. The van der Waals surface area contributed by atoms with Gasteiger partial charge in [0, 0.05) is 5.56 Å². The third-order valence-corrected chi connectivity index (χ3v) is 2.87. The van der Waals surface area contributed by atoms with Crippen molar-refractivity contribution in [3.63, 3.8) is 0 Å². The Balaban J connectivity index is 2.12. The van der Waals surface area contributed by atoms with Gasteiger partial charge in [-0.05, 0) is 23.8 Å². The molecule has 0 unspecified atom stereocenters. The molecule has 0 fully saturated rings. The molecule has 4 nitrogen and oxygen atoms in total. The molecule has 6 heteroatoms. The lowest BCUT2D eigenvalue weighted by atomic mass is 10.1. The fourth-order valence-corrected chi connectivity index (χ4v) is 1.97. The predicted octanol–water partition coefficient (Wildman–Crippen LogP) is 3.18. The van der Waals surface area contributed by atoms with E-state index in [2.05, 4.69) is 10.2 Å². The number of benzene rings is 1. The van der Waals surface area contributed by atoms with Crippen molar-refractivity contribution in [2.45, 2.75) is 0 Å². The van der Waals surface area contributed by atoms with Gasteiger partial charge in [0.2, 0.25) is 6.79 Å². The van der Waals surface area contributed by atoms with Crippen LogP contribution in [-0.2, 0) is 0 Å². The second kappa shape index (κ2) is 4.05. The van der Waals surface area contributed by atoms with E-state index in [9.17, 15) is 0 Å². The second-order valence-corrected chi connectivity index (χ2v) is 4.18. The van der Waals surface area contributed by atoms with Crippen molar-refractivity contribution in [3.8, 4) is 22.6 Å². The average molecular weight is 269 g/mol. The van der Waals surface area contributed by atoms with E-state index in [1.165, 1.54) is 0 Å². The minimum atomic E-state index is 0.238. The summed E-state index contributed by atoms with van der Waals surface area (Å²) in [5, 5.41) is 8.02. The van der Waals surface area contributed by atoms with Crippen LogP contribution in [0.25, 0.3) is 11.1 Å². The molecule has 0 N–H and O–H groups in total. The third-order valence-electron chi connectivity index (χ3n) is 2.40. The molecule has 2 heterocycles. The van der Waals surface area contributed by atoms with E-state index >= 15 is 0 Å². The van der Waals surface area contributed by atoms with Crippen molar-refractivity contribution in [2.24, 2.45) is 0 Å². The smallest absolute Gasteiger partial charge is 0.231 e. The number of hydrogen-bond acceptors (Lipinski definition) is 4. The van der Waals surface area contributed by atoms with E-state index < -0.39 is 0 Å². The van der Waals surface area contributed by atoms with Crippen molar-refractivity contribution in [3.05, 3.63) is 34.6 Å². The zero-order chi connectivity index (χ0) is 11.8. The average Bonchev–Trinajstić information content (AvgIpc) is 2.79. The number of ether oxygens (including phenoxy) is 2. The highest BCUT2D eigenvalue weighted by Crippen LogP contribution is 2.37. The Hall–Kier alpha value is -1.52. The van der Waals surface area contributed by atoms with Crippen molar-refractivity contribution >= 4 is 23.2 Å². The largest absolute Gasteiger partial charge is 0.454 e. The fourth-order valence-electron chi connectivity index (χ4n) is 1.62. The molecule has 0 amide bonds. The van der Waals surface area contributed by atoms with Crippen LogP contribution in [0.1, 0.15) is 0 Å².